The lowest BCUT2D eigenvalue weighted by molar-refractivity contribution is 0.0526. The zero-order valence-electron chi connectivity index (χ0n) is 15.5. The topological polar surface area (TPSA) is 121 Å². The maximum Gasteiger partial charge on any atom is 0.342 e. The number of para-hydroxylation sites is 1. The summed E-state index contributed by atoms with van der Waals surface area (Å²) in [6.07, 6.45) is 1.19. The van der Waals surface area contributed by atoms with Crippen LogP contribution in [0.3, 0.4) is 0 Å². The summed E-state index contributed by atoms with van der Waals surface area (Å²) in [5, 5.41) is 24.4. The molecule has 1 heterocycles. The number of aromatic hydroxyl groups is 2. The molecule has 2 aromatic carbocycles. The van der Waals surface area contributed by atoms with E-state index >= 15 is 0 Å². The lowest BCUT2D eigenvalue weighted by Gasteiger charge is -2.06. The average Bonchev–Trinajstić information content (AvgIpc) is 3.00. The molecule has 1 amide bonds. The second kappa shape index (κ2) is 8.36. The van der Waals surface area contributed by atoms with Gasteiger partial charge in [0.1, 0.15) is 28.4 Å². The third-order valence-corrected chi connectivity index (χ3v) is 4.71. The van der Waals surface area contributed by atoms with Crippen LogP contribution in [-0.4, -0.2) is 34.9 Å². The Morgan fingerprint density at radius 3 is 2.72 bits per heavy atom. The number of aryl methyl sites for hydroxylation is 1. The van der Waals surface area contributed by atoms with Gasteiger partial charge in [-0.15, -0.1) is 0 Å². The van der Waals surface area contributed by atoms with Crippen molar-refractivity contribution < 1.29 is 29.0 Å². The first kappa shape index (κ1) is 20.4. The van der Waals surface area contributed by atoms with Gasteiger partial charge >= 0.3 is 5.97 Å². The number of hydrazone groups is 1. The Morgan fingerprint density at radius 1 is 1.31 bits per heavy atom. The zero-order valence-corrected chi connectivity index (χ0v) is 17.1. The minimum Gasteiger partial charge on any atom is -0.507 e. The van der Waals surface area contributed by atoms with Gasteiger partial charge in [0.05, 0.1) is 22.9 Å². The van der Waals surface area contributed by atoms with Crippen LogP contribution in [0.4, 0.5) is 0 Å². The molecule has 0 unspecified atom stereocenters. The van der Waals surface area contributed by atoms with Crippen LogP contribution < -0.4 is 5.43 Å². The van der Waals surface area contributed by atoms with Crippen molar-refractivity contribution in [2.45, 2.75) is 13.8 Å². The lowest BCUT2D eigenvalue weighted by atomic mass is 10.0. The lowest BCUT2D eigenvalue weighted by Crippen LogP contribution is -2.17. The summed E-state index contributed by atoms with van der Waals surface area (Å²) in [7, 11) is 0. The van der Waals surface area contributed by atoms with E-state index < -0.39 is 11.9 Å². The van der Waals surface area contributed by atoms with Gasteiger partial charge in [-0.25, -0.2) is 10.2 Å². The summed E-state index contributed by atoms with van der Waals surface area (Å²) >= 11 is 3.23. The molecule has 3 N–H and O–H groups in total. The van der Waals surface area contributed by atoms with E-state index in [4.69, 9.17) is 9.15 Å². The standard InChI is InChI=1S/C20H17BrN2O6/c1-3-28-20(27)16-10(2)29-15-8-13(21)18(25)12(17(15)16)9-22-23-19(26)11-6-4-5-7-14(11)24/h4-9,24-25H,3H2,1-2H3,(H,23,26). The number of amides is 1. The number of benzene rings is 2. The minimum atomic E-state index is -0.640. The van der Waals surface area contributed by atoms with Gasteiger partial charge in [0.25, 0.3) is 5.91 Å². The second-order valence-electron chi connectivity index (χ2n) is 5.96. The minimum absolute atomic E-state index is 0.0413. The summed E-state index contributed by atoms with van der Waals surface area (Å²) in [4.78, 5) is 24.6. The zero-order chi connectivity index (χ0) is 21.1. The fourth-order valence-electron chi connectivity index (χ4n) is 2.82. The Hall–Kier alpha value is -3.33. The summed E-state index contributed by atoms with van der Waals surface area (Å²) in [6.45, 7) is 3.46. The monoisotopic (exact) mass is 460 g/mol. The van der Waals surface area contributed by atoms with E-state index in [1.165, 1.54) is 24.4 Å². The maximum absolute atomic E-state index is 12.4. The Kier molecular flexibility index (Phi) is 5.88. The highest BCUT2D eigenvalue weighted by Gasteiger charge is 2.24. The molecule has 0 bridgehead atoms. The van der Waals surface area contributed by atoms with E-state index in [9.17, 15) is 19.8 Å². The number of fused-ring (bicyclic) bond motifs is 1. The van der Waals surface area contributed by atoms with Crippen molar-refractivity contribution in [3.63, 3.8) is 0 Å². The molecule has 0 atom stereocenters. The van der Waals surface area contributed by atoms with Crippen LogP contribution in [-0.2, 0) is 4.74 Å². The quantitative estimate of drug-likeness (QED) is 0.302. The predicted molar refractivity (Wildman–Crippen MR) is 109 cm³/mol. The fraction of sp³-hybridized carbons (Fsp3) is 0.150. The highest BCUT2D eigenvalue weighted by atomic mass is 79.9. The number of esters is 1. The molecule has 0 aliphatic heterocycles. The Balaban J connectivity index is 2.03. The number of carbonyl (C=O) groups excluding carboxylic acids is 2. The molecule has 29 heavy (non-hydrogen) atoms. The molecule has 3 rings (SSSR count). The molecule has 0 aliphatic carbocycles. The highest BCUT2D eigenvalue weighted by molar-refractivity contribution is 9.10. The number of carbonyl (C=O) groups is 2. The number of phenols is 2. The van der Waals surface area contributed by atoms with Crippen molar-refractivity contribution in [3.05, 3.63) is 57.3 Å². The van der Waals surface area contributed by atoms with Crippen LogP contribution in [0.2, 0.25) is 0 Å². The number of nitrogens with one attached hydrogen (secondary N) is 1. The number of hydrogen-bond acceptors (Lipinski definition) is 7. The molecule has 0 radical (unpaired) electrons. The number of halogens is 1. The van der Waals surface area contributed by atoms with E-state index in [0.717, 1.165) is 0 Å². The van der Waals surface area contributed by atoms with E-state index in [1.54, 1.807) is 26.0 Å². The van der Waals surface area contributed by atoms with Crippen molar-refractivity contribution in [1.29, 1.82) is 0 Å². The summed E-state index contributed by atoms with van der Waals surface area (Å²) in [6, 6.07) is 7.53. The van der Waals surface area contributed by atoms with Crippen molar-refractivity contribution in [3.8, 4) is 11.5 Å². The van der Waals surface area contributed by atoms with E-state index in [-0.39, 0.29) is 34.8 Å². The summed E-state index contributed by atoms with van der Waals surface area (Å²) in [5.74, 6) is -1.30. The normalized spacial score (nSPS) is 11.1. The van der Waals surface area contributed by atoms with Crippen molar-refractivity contribution in [2.24, 2.45) is 5.10 Å². The largest absolute Gasteiger partial charge is 0.507 e. The Morgan fingerprint density at radius 2 is 2.03 bits per heavy atom. The van der Waals surface area contributed by atoms with Crippen LogP contribution in [0.25, 0.3) is 11.0 Å². The molecule has 3 aromatic rings. The average molecular weight is 461 g/mol. The molecule has 1 aromatic heterocycles. The van der Waals surface area contributed by atoms with Gasteiger partial charge in [0.2, 0.25) is 0 Å². The first-order valence-corrected chi connectivity index (χ1v) is 9.37. The molecule has 8 nitrogen and oxygen atoms in total. The van der Waals surface area contributed by atoms with E-state index in [2.05, 4.69) is 26.5 Å². The van der Waals surface area contributed by atoms with Crippen LogP contribution >= 0.6 is 15.9 Å². The molecule has 0 spiro atoms. The Bertz CT molecular complexity index is 1140. The van der Waals surface area contributed by atoms with Crippen molar-refractivity contribution >= 4 is 45.0 Å². The number of rotatable bonds is 5. The van der Waals surface area contributed by atoms with Gasteiger partial charge in [-0.1, -0.05) is 12.1 Å². The molecule has 0 fully saturated rings. The van der Waals surface area contributed by atoms with E-state index in [0.29, 0.717) is 21.2 Å². The summed E-state index contributed by atoms with van der Waals surface area (Å²) in [5.41, 5.74) is 2.98. The number of phenolic OH excluding ortho intramolecular Hbond substituents is 2. The van der Waals surface area contributed by atoms with Crippen LogP contribution in [0.1, 0.15) is 39.0 Å². The van der Waals surface area contributed by atoms with Crippen LogP contribution in [0.5, 0.6) is 11.5 Å². The molecular weight excluding hydrogens is 444 g/mol. The predicted octanol–water partition coefficient (Wildman–Crippen LogP) is 3.86. The third kappa shape index (κ3) is 3.95. The molecule has 0 saturated carbocycles. The Labute approximate surface area is 173 Å². The smallest absolute Gasteiger partial charge is 0.342 e. The van der Waals surface area contributed by atoms with Crippen molar-refractivity contribution in [2.75, 3.05) is 6.61 Å². The third-order valence-electron chi connectivity index (χ3n) is 4.11. The summed E-state index contributed by atoms with van der Waals surface area (Å²) < 4.78 is 11.0. The highest BCUT2D eigenvalue weighted by Crippen LogP contribution is 2.38. The van der Waals surface area contributed by atoms with Crippen molar-refractivity contribution in [1.82, 2.24) is 5.43 Å². The van der Waals surface area contributed by atoms with Gasteiger partial charge in [0.15, 0.2) is 0 Å². The maximum atomic E-state index is 12.4. The molecule has 150 valence electrons. The van der Waals surface area contributed by atoms with Gasteiger partial charge in [-0.2, -0.15) is 5.10 Å². The first-order chi connectivity index (χ1) is 13.8. The molecule has 0 aliphatic rings. The van der Waals surface area contributed by atoms with Crippen LogP contribution in [0.15, 0.2) is 44.3 Å². The number of ether oxygens (including phenoxy) is 1. The number of hydrogen-bond donors (Lipinski definition) is 3. The molecular formula is C20H17BrN2O6. The first-order valence-electron chi connectivity index (χ1n) is 8.58. The fourth-order valence-corrected chi connectivity index (χ4v) is 3.24. The molecule has 9 heteroatoms. The van der Waals surface area contributed by atoms with Crippen LogP contribution in [0, 0.1) is 6.92 Å². The van der Waals surface area contributed by atoms with Gasteiger partial charge in [-0.05, 0) is 48.0 Å². The number of nitrogens with zero attached hydrogens (tertiary/aromatic N) is 1. The van der Waals surface area contributed by atoms with Gasteiger partial charge < -0.3 is 19.4 Å². The van der Waals surface area contributed by atoms with E-state index in [1.807, 2.05) is 0 Å². The second-order valence-corrected chi connectivity index (χ2v) is 6.82. The molecule has 0 saturated heterocycles. The van der Waals surface area contributed by atoms with Gasteiger partial charge in [0, 0.05) is 10.9 Å². The van der Waals surface area contributed by atoms with Gasteiger partial charge in [-0.3, -0.25) is 4.79 Å². The SMILES string of the molecule is CCOC(=O)c1c(C)oc2cc(Br)c(O)c(C=NNC(=O)c3ccccc3O)c12. The number of furan rings is 1.